The molecule has 0 radical (unpaired) electrons. The molecule has 0 spiro atoms. The Morgan fingerprint density at radius 3 is 2.71 bits per heavy atom. The van der Waals surface area contributed by atoms with Crippen molar-refractivity contribution in [2.75, 3.05) is 5.32 Å². The van der Waals surface area contributed by atoms with E-state index in [1.165, 1.54) is 4.63 Å². The van der Waals surface area contributed by atoms with Crippen molar-refractivity contribution < 1.29 is 4.74 Å². The minimum Gasteiger partial charge on any atom is -0.457 e. The van der Waals surface area contributed by atoms with Crippen molar-refractivity contribution in [3.8, 4) is 11.5 Å². The summed E-state index contributed by atoms with van der Waals surface area (Å²) in [5.41, 5.74) is 1.70. The Morgan fingerprint density at radius 1 is 0.917 bits per heavy atom. The number of para-hydroxylation sites is 1. The fourth-order valence-electron chi connectivity index (χ4n) is 2.28. The summed E-state index contributed by atoms with van der Waals surface area (Å²) >= 11 is 0. The zero-order valence-corrected chi connectivity index (χ0v) is 12.7. The van der Waals surface area contributed by atoms with Crippen LogP contribution < -0.4 is 10.1 Å². The normalized spacial score (nSPS) is 10.7. The van der Waals surface area contributed by atoms with Gasteiger partial charge in [-0.1, -0.05) is 30.3 Å². The quantitative estimate of drug-likeness (QED) is 0.609. The molecular formula is C17H14N6O. The molecule has 0 amide bonds. The maximum absolute atomic E-state index is 5.84. The van der Waals surface area contributed by atoms with Crippen LogP contribution in [0.1, 0.15) is 5.56 Å². The molecule has 0 atom stereocenters. The molecule has 4 rings (SSSR count). The Labute approximate surface area is 137 Å². The van der Waals surface area contributed by atoms with Crippen LogP contribution in [-0.4, -0.2) is 25.3 Å². The zero-order valence-electron chi connectivity index (χ0n) is 12.7. The van der Waals surface area contributed by atoms with Crippen LogP contribution in [-0.2, 0) is 6.54 Å². The van der Waals surface area contributed by atoms with Crippen molar-refractivity contribution in [2.24, 2.45) is 0 Å². The molecule has 4 aromatic rings. The number of aromatic nitrogens is 5. The number of nitrogens with zero attached hydrogens (tertiary/aromatic N) is 5. The smallest absolute Gasteiger partial charge is 0.200 e. The first-order chi connectivity index (χ1) is 11.9. The summed E-state index contributed by atoms with van der Waals surface area (Å²) in [4.78, 5) is 0. The van der Waals surface area contributed by atoms with Gasteiger partial charge in [-0.25, -0.2) is 0 Å². The lowest BCUT2D eigenvalue weighted by Gasteiger charge is -2.09. The summed E-state index contributed by atoms with van der Waals surface area (Å²) in [6, 6.07) is 21.3. The Kier molecular flexibility index (Phi) is 3.73. The molecule has 0 unspecified atom stereocenters. The van der Waals surface area contributed by atoms with E-state index in [-0.39, 0.29) is 0 Å². The van der Waals surface area contributed by atoms with Gasteiger partial charge >= 0.3 is 0 Å². The van der Waals surface area contributed by atoms with E-state index in [2.05, 4.69) is 25.9 Å². The minimum atomic E-state index is 0.610. The second-order valence-corrected chi connectivity index (χ2v) is 5.16. The summed E-state index contributed by atoms with van der Waals surface area (Å²) in [5.74, 6) is 2.31. The van der Waals surface area contributed by atoms with E-state index in [4.69, 9.17) is 4.74 Å². The van der Waals surface area contributed by atoms with Crippen molar-refractivity contribution in [3.63, 3.8) is 0 Å². The third-order valence-electron chi connectivity index (χ3n) is 3.42. The number of tetrazole rings is 1. The van der Waals surface area contributed by atoms with E-state index in [0.29, 0.717) is 18.0 Å². The molecule has 2 aromatic heterocycles. The van der Waals surface area contributed by atoms with Gasteiger partial charge in [0.05, 0.1) is 0 Å². The average molecular weight is 318 g/mol. The van der Waals surface area contributed by atoms with Crippen LogP contribution in [0.15, 0.2) is 66.7 Å². The van der Waals surface area contributed by atoms with Crippen LogP contribution in [0.2, 0.25) is 0 Å². The molecule has 7 heteroatoms. The number of hydrogen-bond donors (Lipinski definition) is 1. The molecule has 0 bridgehead atoms. The van der Waals surface area contributed by atoms with E-state index in [1.807, 2.05) is 66.7 Å². The average Bonchev–Trinajstić information content (AvgIpc) is 3.09. The second kappa shape index (κ2) is 6.33. The van der Waals surface area contributed by atoms with Crippen molar-refractivity contribution >= 4 is 11.5 Å². The molecule has 2 heterocycles. The predicted molar refractivity (Wildman–Crippen MR) is 88.9 cm³/mol. The summed E-state index contributed by atoms with van der Waals surface area (Å²) < 4.78 is 7.23. The highest BCUT2D eigenvalue weighted by molar-refractivity contribution is 5.43. The maximum Gasteiger partial charge on any atom is 0.200 e. The van der Waals surface area contributed by atoms with Gasteiger partial charge in [0.25, 0.3) is 0 Å². The van der Waals surface area contributed by atoms with Crippen molar-refractivity contribution in [1.82, 2.24) is 25.3 Å². The molecular weight excluding hydrogens is 304 g/mol. The number of benzene rings is 2. The first-order valence-electron chi connectivity index (χ1n) is 7.48. The van der Waals surface area contributed by atoms with Crippen LogP contribution in [0.25, 0.3) is 5.65 Å². The molecule has 118 valence electrons. The predicted octanol–water partition coefficient (Wildman–Crippen LogP) is 2.92. The largest absolute Gasteiger partial charge is 0.457 e. The van der Waals surface area contributed by atoms with Gasteiger partial charge in [0.2, 0.25) is 0 Å². The number of fused-ring (bicyclic) bond motifs is 1. The Hall–Kier alpha value is -3.48. The van der Waals surface area contributed by atoms with Gasteiger partial charge in [0, 0.05) is 6.54 Å². The zero-order chi connectivity index (χ0) is 16.2. The third-order valence-corrected chi connectivity index (χ3v) is 3.42. The summed E-state index contributed by atoms with van der Waals surface area (Å²) in [6.45, 7) is 0.618. The third kappa shape index (κ3) is 3.14. The van der Waals surface area contributed by atoms with Crippen molar-refractivity contribution in [1.29, 1.82) is 0 Å². The standard InChI is InChI=1S/C17H14N6O/c1-2-6-14(7-3-1)24-15-8-4-5-13(11-15)12-18-16-9-10-17-19-21-22-23(17)20-16/h1-11H,12H2,(H,18,20). The lowest BCUT2D eigenvalue weighted by Crippen LogP contribution is -2.04. The lowest BCUT2D eigenvalue weighted by atomic mass is 10.2. The SMILES string of the molecule is c1ccc(Oc2cccc(CNc3ccc4nnnn4n3)c2)cc1. The number of ether oxygens (including phenoxy) is 1. The van der Waals surface area contributed by atoms with E-state index < -0.39 is 0 Å². The Balaban J connectivity index is 1.45. The van der Waals surface area contributed by atoms with Gasteiger partial charge in [-0.3, -0.25) is 0 Å². The lowest BCUT2D eigenvalue weighted by molar-refractivity contribution is 0.482. The number of nitrogens with one attached hydrogen (secondary N) is 1. The van der Waals surface area contributed by atoms with Gasteiger partial charge in [0.15, 0.2) is 5.65 Å². The van der Waals surface area contributed by atoms with Crippen LogP contribution in [0, 0.1) is 0 Å². The van der Waals surface area contributed by atoms with Gasteiger partial charge in [0.1, 0.15) is 17.3 Å². The molecule has 0 aliphatic carbocycles. The van der Waals surface area contributed by atoms with E-state index in [9.17, 15) is 0 Å². The highest BCUT2D eigenvalue weighted by Crippen LogP contribution is 2.22. The number of rotatable bonds is 5. The molecule has 0 saturated heterocycles. The Morgan fingerprint density at radius 2 is 1.79 bits per heavy atom. The molecule has 0 aliphatic heterocycles. The number of hydrogen-bond acceptors (Lipinski definition) is 6. The van der Waals surface area contributed by atoms with Crippen molar-refractivity contribution in [2.45, 2.75) is 6.54 Å². The molecule has 0 saturated carbocycles. The van der Waals surface area contributed by atoms with Gasteiger partial charge in [-0.15, -0.1) is 14.8 Å². The van der Waals surface area contributed by atoms with E-state index in [0.717, 1.165) is 17.1 Å². The van der Waals surface area contributed by atoms with Crippen LogP contribution in [0.4, 0.5) is 5.82 Å². The first kappa shape index (κ1) is 14.1. The first-order valence-corrected chi connectivity index (χ1v) is 7.48. The molecule has 24 heavy (non-hydrogen) atoms. The maximum atomic E-state index is 5.84. The minimum absolute atomic E-state index is 0.610. The van der Waals surface area contributed by atoms with E-state index in [1.54, 1.807) is 0 Å². The fourth-order valence-corrected chi connectivity index (χ4v) is 2.28. The Bertz CT molecular complexity index is 953. The topological polar surface area (TPSA) is 77.2 Å². The summed E-state index contributed by atoms with van der Waals surface area (Å²) in [7, 11) is 0. The fraction of sp³-hybridized carbons (Fsp3) is 0.0588. The van der Waals surface area contributed by atoms with Gasteiger partial charge in [-0.2, -0.15) is 0 Å². The van der Waals surface area contributed by atoms with Crippen LogP contribution in [0.3, 0.4) is 0 Å². The molecule has 1 N–H and O–H groups in total. The summed E-state index contributed by atoms with van der Waals surface area (Å²) in [5, 5.41) is 18.7. The van der Waals surface area contributed by atoms with Crippen LogP contribution in [0.5, 0.6) is 11.5 Å². The van der Waals surface area contributed by atoms with Gasteiger partial charge in [-0.05, 0) is 52.4 Å². The van der Waals surface area contributed by atoms with Gasteiger partial charge < -0.3 is 10.1 Å². The molecule has 0 fully saturated rings. The van der Waals surface area contributed by atoms with Crippen LogP contribution >= 0.6 is 0 Å². The summed E-state index contributed by atoms with van der Waals surface area (Å²) in [6.07, 6.45) is 0. The van der Waals surface area contributed by atoms with Crippen molar-refractivity contribution in [3.05, 3.63) is 72.3 Å². The number of anilines is 1. The molecule has 7 nitrogen and oxygen atoms in total. The second-order valence-electron chi connectivity index (χ2n) is 5.16. The highest BCUT2D eigenvalue weighted by atomic mass is 16.5. The molecule has 2 aromatic carbocycles. The van der Waals surface area contributed by atoms with E-state index >= 15 is 0 Å². The highest BCUT2D eigenvalue weighted by Gasteiger charge is 2.02. The monoisotopic (exact) mass is 318 g/mol. The molecule has 0 aliphatic rings.